The van der Waals surface area contributed by atoms with Gasteiger partial charge in [-0.2, -0.15) is 8.78 Å². The minimum atomic E-state index is -2.81. The van der Waals surface area contributed by atoms with Crippen LogP contribution in [-0.4, -0.2) is 48.7 Å². The standard InChI is InChI=1S/C9H11F2NO4/c10-9(11)15-5-3-12(4-5)8(14)6-1-2-7(13)16-6/h5-6,9H,1-4H2/t6-/m1/s1. The predicted molar refractivity (Wildman–Crippen MR) is 46.6 cm³/mol. The molecule has 2 aliphatic rings. The van der Waals surface area contributed by atoms with Crippen molar-refractivity contribution in [2.24, 2.45) is 0 Å². The Balaban J connectivity index is 1.75. The van der Waals surface area contributed by atoms with Crippen LogP contribution in [0.5, 0.6) is 0 Å². The normalized spacial score (nSPS) is 25.8. The van der Waals surface area contributed by atoms with E-state index in [0.29, 0.717) is 6.42 Å². The van der Waals surface area contributed by atoms with Crippen molar-refractivity contribution in [3.63, 3.8) is 0 Å². The molecule has 0 N–H and O–H groups in total. The van der Waals surface area contributed by atoms with Gasteiger partial charge in [0.2, 0.25) is 0 Å². The van der Waals surface area contributed by atoms with Gasteiger partial charge in [-0.3, -0.25) is 9.59 Å². The van der Waals surface area contributed by atoms with Crippen molar-refractivity contribution in [2.45, 2.75) is 31.7 Å². The minimum absolute atomic E-state index is 0.136. The van der Waals surface area contributed by atoms with Crippen molar-refractivity contribution in [1.82, 2.24) is 4.90 Å². The van der Waals surface area contributed by atoms with Crippen molar-refractivity contribution >= 4 is 11.9 Å². The minimum Gasteiger partial charge on any atom is -0.452 e. The van der Waals surface area contributed by atoms with Gasteiger partial charge in [0.25, 0.3) is 5.91 Å². The van der Waals surface area contributed by atoms with Crippen molar-refractivity contribution in [3.05, 3.63) is 0 Å². The van der Waals surface area contributed by atoms with Gasteiger partial charge < -0.3 is 14.4 Å². The summed E-state index contributed by atoms with van der Waals surface area (Å²) in [5.41, 5.74) is 0. The molecule has 0 unspecified atom stereocenters. The fourth-order valence-electron chi connectivity index (χ4n) is 1.75. The molecule has 0 radical (unpaired) electrons. The van der Waals surface area contributed by atoms with Crippen LogP contribution in [0, 0.1) is 0 Å². The maximum absolute atomic E-state index is 11.8. The van der Waals surface area contributed by atoms with E-state index < -0.39 is 18.8 Å². The second-order valence-corrected chi connectivity index (χ2v) is 3.78. The van der Waals surface area contributed by atoms with Crippen LogP contribution in [0.1, 0.15) is 12.8 Å². The van der Waals surface area contributed by atoms with Gasteiger partial charge in [-0.05, 0) is 0 Å². The van der Waals surface area contributed by atoms with Crippen molar-refractivity contribution in [3.8, 4) is 0 Å². The molecule has 1 amide bonds. The Morgan fingerprint density at radius 3 is 2.69 bits per heavy atom. The topological polar surface area (TPSA) is 55.8 Å². The highest BCUT2D eigenvalue weighted by Gasteiger charge is 2.39. The second kappa shape index (κ2) is 4.32. The van der Waals surface area contributed by atoms with Crippen molar-refractivity contribution in [1.29, 1.82) is 0 Å². The summed E-state index contributed by atoms with van der Waals surface area (Å²) in [6, 6.07) is 0. The molecule has 1 atom stereocenters. The Labute approximate surface area is 90.3 Å². The molecule has 0 saturated carbocycles. The number of esters is 1. The number of ether oxygens (including phenoxy) is 2. The summed E-state index contributed by atoms with van der Waals surface area (Å²) in [7, 11) is 0. The maximum Gasteiger partial charge on any atom is 0.345 e. The highest BCUT2D eigenvalue weighted by Crippen LogP contribution is 2.21. The van der Waals surface area contributed by atoms with Crippen LogP contribution in [0.4, 0.5) is 8.78 Å². The molecule has 16 heavy (non-hydrogen) atoms. The zero-order chi connectivity index (χ0) is 11.7. The number of cyclic esters (lactones) is 1. The predicted octanol–water partition coefficient (Wildman–Crippen LogP) is 0.142. The highest BCUT2D eigenvalue weighted by atomic mass is 19.3. The number of carbonyl (C=O) groups excluding carboxylic acids is 2. The van der Waals surface area contributed by atoms with Crippen molar-refractivity contribution in [2.75, 3.05) is 13.1 Å². The summed E-state index contributed by atoms with van der Waals surface area (Å²) < 4.78 is 32.6. The average Bonchev–Trinajstić information content (AvgIpc) is 2.56. The number of carbonyl (C=O) groups is 2. The molecule has 7 heteroatoms. The fraction of sp³-hybridized carbons (Fsp3) is 0.778. The van der Waals surface area contributed by atoms with E-state index in [2.05, 4.69) is 4.74 Å². The van der Waals surface area contributed by atoms with Crippen LogP contribution in [-0.2, 0) is 19.1 Å². The first-order valence-corrected chi connectivity index (χ1v) is 4.98. The molecule has 2 aliphatic heterocycles. The number of likely N-dealkylation sites (tertiary alicyclic amines) is 1. The van der Waals surface area contributed by atoms with Gasteiger partial charge in [0.15, 0.2) is 6.10 Å². The number of hydrogen-bond acceptors (Lipinski definition) is 4. The Kier molecular flexibility index (Phi) is 3.04. The number of amides is 1. The fourth-order valence-corrected chi connectivity index (χ4v) is 1.75. The van der Waals surface area contributed by atoms with E-state index in [-0.39, 0.29) is 31.4 Å². The van der Waals surface area contributed by atoms with Gasteiger partial charge in [-0.1, -0.05) is 0 Å². The molecule has 0 aliphatic carbocycles. The maximum atomic E-state index is 11.8. The second-order valence-electron chi connectivity index (χ2n) is 3.78. The molecule has 0 aromatic heterocycles. The van der Waals surface area contributed by atoms with E-state index in [1.165, 1.54) is 4.90 Å². The van der Waals surface area contributed by atoms with E-state index in [9.17, 15) is 18.4 Å². The third kappa shape index (κ3) is 2.29. The Bertz CT molecular complexity index is 304. The number of nitrogens with zero attached hydrogens (tertiary/aromatic N) is 1. The summed E-state index contributed by atoms with van der Waals surface area (Å²) in [4.78, 5) is 23.7. The van der Waals surface area contributed by atoms with Gasteiger partial charge in [0, 0.05) is 25.9 Å². The summed E-state index contributed by atoms with van der Waals surface area (Å²) >= 11 is 0. The molecular formula is C9H11F2NO4. The number of rotatable bonds is 3. The summed E-state index contributed by atoms with van der Waals surface area (Å²) in [5.74, 6) is -0.709. The lowest BCUT2D eigenvalue weighted by molar-refractivity contribution is -0.201. The summed E-state index contributed by atoms with van der Waals surface area (Å²) in [6.07, 6.45) is -0.739. The molecule has 2 rings (SSSR count). The van der Waals surface area contributed by atoms with E-state index in [4.69, 9.17) is 4.74 Å². The third-order valence-corrected chi connectivity index (χ3v) is 2.61. The average molecular weight is 235 g/mol. The molecule has 90 valence electrons. The first kappa shape index (κ1) is 11.3. The lowest BCUT2D eigenvalue weighted by Crippen LogP contribution is -2.57. The van der Waals surface area contributed by atoms with Crippen LogP contribution in [0.25, 0.3) is 0 Å². The monoisotopic (exact) mass is 235 g/mol. The van der Waals surface area contributed by atoms with E-state index >= 15 is 0 Å². The molecule has 5 nitrogen and oxygen atoms in total. The van der Waals surface area contributed by atoms with E-state index in [1.54, 1.807) is 0 Å². The van der Waals surface area contributed by atoms with Crippen LogP contribution in [0.2, 0.25) is 0 Å². The van der Waals surface area contributed by atoms with Crippen LogP contribution in [0.15, 0.2) is 0 Å². The smallest absolute Gasteiger partial charge is 0.345 e. The Morgan fingerprint density at radius 1 is 1.50 bits per heavy atom. The van der Waals surface area contributed by atoms with Crippen molar-refractivity contribution < 1.29 is 27.8 Å². The van der Waals surface area contributed by atoms with Crippen LogP contribution in [0.3, 0.4) is 0 Å². The molecule has 2 heterocycles. The van der Waals surface area contributed by atoms with Gasteiger partial charge >= 0.3 is 12.6 Å². The van der Waals surface area contributed by atoms with Crippen LogP contribution < -0.4 is 0 Å². The first-order valence-electron chi connectivity index (χ1n) is 4.98. The molecule has 0 spiro atoms. The number of halogens is 2. The third-order valence-electron chi connectivity index (χ3n) is 2.61. The highest BCUT2D eigenvalue weighted by molar-refractivity contribution is 5.87. The molecule has 0 bridgehead atoms. The van der Waals surface area contributed by atoms with Gasteiger partial charge in [0.05, 0.1) is 6.10 Å². The SMILES string of the molecule is O=C1CC[C@H](C(=O)N2CC(OC(F)F)C2)O1. The lowest BCUT2D eigenvalue weighted by atomic mass is 10.1. The van der Waals surface area contributed by atoms with E-state index in [0.717, 1.165) is 0 Å². The van der Waals surface area contributed by atoms with Gasteiger partial charge in [-0.25, -0.2) is 0 Å². The molecule has 2 fully saturated rings. The number of hydrogen-bond donors (Lipinski definition) is 0. The largest absolute Gasteiger partial charge is 0.452 e. The molecule has 0 aromatic carbocycles. The molecular weight excluding hydrogens is 224 g/mol. The first-order chi connectivity index (χ1) is 7.56. The summed E-state index contributed by atoms with van der Waals surface area (Å²) in [6.45, 7) is -2.54. The Morgan fingerprint density at radius 2 is 2.19 bits per heavy atom. The zero-order valence-corrected chi connectivity index (χ0v) is 8.40. The lowest BCUT2D eigenvalue weighted by Gasteiger charge is -2.39. The van der Waals surface area contributed by atoms with Crippen LogP contribution >= 0.6 is 0 Å². The number of alkyl halides is 2. The molecule has 0 aromatic rings. The zero-order valence-electron chi connectivity index (χ0n) is 8.40. The quantitative estimate of drug-likeness (QED) is 0.653. The molecule has 2 saturated heterocycles. The van der Waals surface area contributed by atoms with Gasteiger partial charge in [0.1, 0.15) is 0 Å². The van der Waals surface area contributed by atoms with Gasteiger partial charge in [-0.15, -0.1) is 0 Å². The summed E-state index contributed by atoms with van der Waals surface area (Å²) in [5, 5.41) is 0. The van der Waals surface area contributed by atoms with E-state index in [1.807, 2.05) is 0 Å². The Hall–Kier alpha value is -1.24.